The standard InChI is InChI=1S/C16H24O/c1-9(15(7)17)8-16-13(5)11(3)10(2)12(4)14(16)6/h8,15,17H,1-7H3/b9-8-. The summed E-state index contributed by atoms with van der Waals surface area (Å²) in [6, 6.07) is 0. The quantitative estimate of drug-likeness (QED) is 0.816. The summed E-state index contributed by atoms with van der Waals surface area (Å²) in [5, 5.41) is 9.59. The fourth-order valence-corrected chi connectivity index (χ4v) is 2.09. The van der Waals surface area contributed by atoms with Crippen LogP contribution >= 0.6 is 0 Å². The number of hydrogen-bond acceptors (Lipinski definition) is 1. The normalized spacial score (nSPS) is 14.0. The third kappa shape index (κ3) is 2.61. The summed E-state index contributed by atoms with van der Waals surface area (Å²) < 4.78 is 0. The van der Waals surface area contributed by atoms with E-state index in [1.54, 1.807) is 0 Å². The second-order valence-corrected chi connectivity index (χ2v) is 5.10. The SMILES string of the molecule is C/C(=C/c1c(C)c(C)c(C)c(C)c1C)C(C)O. The molecule has 1 N–H and O–H groups in total. The Labute approximate surface area is 105 Å². The van der Waals surface area contributed by atoms with E-state index in [0.717, 1.165) is 5.57 Å². The molecule has 1 aromatic carbocycles. The van der Waals surface area contributed by atoms with Crippen molar-refractivity contribution in [3.05, 3.63) is 39.0 Å². The molecule has 0 saturated heterocycles. The number of aliphatic hydroxyl groups excluding tert-OH is 1. The van der Waals surface area contributed by atoms with Gasteiger partial charge in [-0.1, -0.05) is 6.08 Å². The number of benzene rings is 1. The Hall–Kier alpha value is -1.08. The van der Waals surface area contributed by atoms with Crippen molar-refractivity contribution in [2.75, 3.05) is 0 Å². The Morgan fingerprint density at radius 2 is 1.24 bits per heavy atom. The van der Waals surface area contributed by atoms with Crippen LogP contribution in [-0.2, 0) is 0 Å². The van der Waals surface area contributed by atoms with Crippen LogP contribution in [0.1, 0.15) is 47.2 Å². The molecule has 1 aromatic rings. The van der Waals surface area contributed by atoms with Gasteiger partial charge in [0.15, 0.2) is 0 Å². The molecule has 0 bridgehead atoms. The van der Waals surface area contributed by atoms with Crippen LogP contribution in [0.25, 0.3) is 6.08 Å². The highest BCUT2D eigenvalue weighted by atomic mass is 16.3. The largest absolute Gasteiger partial charge is 0.389 e. The van der Waals surface area contributed by atoms with Gasteiger partial charge in [-0.05, 0) is 87.4 Å². The zero-order valence-corrected chi connectivity index (χ0v) is 12.1. The molecular weight excluding hydrogens is 208 g/mol. The first-order chi connectivity index (χ1) is 7.77. The molecule has 1 rings (SSSR count). The minimum Gasteiger partial charge on any atom is -0.389 e. The first-order valence-electron chi connectivity index (χ1n) is 6.20. The van der Waals surface area contributed by atoms with Gasteiger partial charge in [-0.25, -0.2) is 0 Å². The van der Waals surface area contributed by atoms with Crippen molar-refractivity contribution in [1.29, 1.82) is 0 Å². The summed E-state index contributed by atoms with van der Waals surface area (Å²) >= 11 is 0. The predicted molar refractivity (Wildman–Crippen MR) is 75.5 cm³/mol. The molecule has 0 radical (unpaired) electrons. The molecule has 0 saturated carbocycles. The lowest BCUT2D eigenvalue weighted by Crippen LogP contribution is -2.03. The van der Waals surface area contributed by atoms with Crippen molar-refractivity contribution in [2.24, 2.45) is 0 Å². The molecule has 0 aliphatic rings. The van der Waals surface area contributed by atoms with Crippen molar-refractivity contribution in [3.8, 4) is 0 Å². The van der Waals surface area contributed by atoms with Gasteiger partial charge in [-0.2, -0.15) is 0 Å². The molecule has 0 aromatic heterocycles. The van der Waals surface area contributed by atoms with Crippen LogP contribution in [0.2, 0.25) is 0 Å². The molecule has 94 valence electrons. The summed E-state index contributed by atoms with van der Waals surface area (Å²) in [5.74, 6) is 0. The minimum absolute atomic E-state index is 0.379. The Morgan fingerprint density at radius 1 is 0.882 bits per heavy atom. The van der Waals surface area contributed by atoms with Crippen molar-refractivity contribution >= 4 is 6.08 Å². The van der Waals surface area contributed by atoms with E-state index in [0.29, 0.717) is 0 Å². The molecule has 0 amide bonds. The van der Waals surface area contributed by atoms with Crippen LogP contribution < -0.4 is 0 Å². The molecule has 0 fully saturated rings. The Balaban J connectivity index is 3.50. The fourth-order valence-electron chi connectivity index (χ4n) is 2.09. The van der Waals surface area contributed by atoms with E-state index in [4.69, 9.17) is 0 Å². The lowest BCUT2D eigenvalue weighted by molar-refractivity contribution is 0.232. The highest BCUT2D eigenvalue weighted by Gasteiger charge is 2.11. The molecule has 0 spiro atoms. The second-order valence-electron chi connectivity index (χ2n) is 5.10. The van der Waals surface area contributed by atoms with Gasteiger partial charge in [0.05, 0.1) is 6.10 Å². The highest BCUT2D eigenvalue weighted by molar-refractivity contribution is 5.65. The van der Waals surface area contributed by atoms with Crippen molar-refractivity contribution in [2.45, 2.75) is 54.6 Å². The Kier molecular flexibility index (Phi) is 4.16. The van der Waals surface area contributed by atoms with E-state index in [2.05, 4.69) is 40.7 Å². The van der Waals surface area contributed by atoms with E-state index in [9.17, 15) is 5.11 Å². The molecule has 1 heteroatoms. The predicted octanol–water partition coefficient (Wildman–Crippen LogP) is 4.01. The van der Waals surface area contributed by atoms with Gasteiger partial charge < -0.3 is 5.11 Å². The third-order valence-electron chi connectivity index (χ3n) is 4.09. The van der Waals surface area contributed by atoms with Gasteiger partial charge in [0, 0.05) is 0 Å². The maximum atomic E-state index is 9.59. The van der Waals surface area contributed by atoms with Crippen molar-refractivity contribution < 1.29 is 5.11 Å². The van der Waals surface area contributed by atoms with E-state index in [1.807, 2.05) is 13.8 Å². The summed E-state index contributed by atoms with van der Waals surface area (Å²) in [4.78, 5) is 0. The summed E-state index contributed by atoms with van der Waals surface area (Å²) in [5.41, 5.74) is 9.03. The van der Waals surface area contributed by atoms with Crippen LogP contribution in [-0.4, -0.2) is 11.2 Å². The van der Waals surface area contributed by atoms with Gasteiger partial charge in [0.25, 0.3) is 0 Å². The third-order valence-corrected chi connectivity index (χ3v) is 4.09. The first-order valence-corrected chi connectivity index (χ1v) is 6.20. The van der Waals surface area contributed by atoms with Gasteiger partial charge in [-0.3, -0.25) is 0 Å². The number of rotatable bonds is 2. The van der Waals surface area contributed by atoms with Crippen LogP contribution in [0.4, 0.5) is 0 Å². The van der Waals surface area contributed by atoms with Crippen LogP contribution in [0.3, 0.4) is 0 Å². The molecule has 1 atom stereocenters. The second kappa shape index (κ2) is 5.05. The lowest BCUT2D eigenvalue weighted by Gasteiger charge is -2.17. The molecule has 17 heavy (non-hydrogen) atoms. The van der Waals surface area contributed by atoms with Crippen LogP contribution in [0.5, 0.6) is 0 Å². The Morgan fingerprint density at radius 3 is 1.59 bits per heavy atom. The lowest BCUT2D eigenvalue weighted by atomic mass is 9.88. The van der Waals surface area contributed by atoms with Gasteiger partial charge in [0.1, 0.15) is 0 Å². The molecule has 0 aliphatic heterocycles. The maximum absolute atomic E-state index is 9.59. The average molecular weight is 232 g/mol. The molecule has 0 aliphatic carbocycles. The molecular formula is C16H24O. The fraction of sp³-hybridized carbons (Fsp3) is 0.500. The smallest absolute Gasteiger partial charge is 0.0722 e. The maximum Gasteiger partial charge on any atom is 0.0722 e. The van der Waals surface area contributed by atoms with E-state index in [1.165, 1.54) is 33.4 Å². The summed E-state index contributed by atoms with van der Waals surface area (Å²) in [6.07, 6.45) is 1.74. The molecule has 0 heterocycles. The highest BCUT2D eigenvalue weighted by Crippen LogP contribution is 2.28. The van der Waals surface area contributed by atoms with Gasteiger partial charge in [0.2, 0.25) is 0 Å². The molecule has 1 nitrogen and oxygen atoms in total. The Bertz CT molecular complexity index is 436. The van der Waals surface area contributed by atoms with Gasteiger partial charge in [-0.15, -0.1) is 0 Å². The summed E-state index contributed by atoms with van der Waals surface area (Å²) in [7, 11) is 0. The average Bonchev–Trinajstić information content (AvgIpc) is 2.29. The summed E-state index contributed by atoms with van der Waals surface area (Å²) in [6.45, 7) is 14.6. The number of hydrogen-bond donors (Lipinski definition) is 1. The first kappa shape index (κ1) is 14.0. The zero-order valence-electron chi connectivity index (χ0n) is 12.1. The molecule has 1 unspecified atom stereocenters. The van der Waals surface area contributed by atoms with Crippen LogP contribution in [0.15, 0.2) is 5.57 Å². The van der Waals surface area contributed by atoms with Crippen molar-refractivity contribution in [3.63, 3.8) is 0 Å². The van der Waals surface area contributed by atoms with Crippen molar-refractivity contribution in [1.82, 2.24) is 0 Å². The van der Waals surface area contributed by atoms with Crippen LogP contribution in [0, 0.1) is 34.6 Å². The topological polar surface area (TPSA) is 20.2 Å². The van der Waals surface area contributed by atoms with E-state index in [-0.39, 0.29) is 6.10 Å². The van der Waals surface area contributed by atoms with E-state index < -0.39 is 0 Å². The number of aliphatic hydroxyl groups is 1. The van der Waals surface area contributed by atoms with Gasteiger partial charge >= 0.3 is 0 Å². The minimum atomic E-state index is -0.379. The zero-order chi connectivity index (χ0) is 13.3. The monoisotopic (exact) mass is 232 g/mol. The van der Waals surface area contributed by atoms with E-state index >= 15 is 0 Å².